The van der Waals surface area contributed by atoms with Gasteiger partial charge in [-0.2, -0.15) is 8.78 Å². The largest absolute Gasteiger partial charge is 0.433 e. The molecule has 0 amide bonds. The summed E-state index contributed by atoms with van der Waals surface area (Å²) < 4.78 is 81.1. The average Bonchev–Trinajstić information content (AvgIpc) is 2.39. The number of hydrogen-bond donors (Lipinski definition) is 1. The van der Waals surface area contributed by atoms with Crippen LogP contribution in [0.25, 0.3) is 0 Å². The van der Waals surface area contributed by atoms with Crippen LogP contribution in [0.15, 0.2) is 47.4 Å². The Hall–Kier alpha value is -2.29. The maximum absolute atomic E-state index is 13.5. The summed E-state index contributed by atoms with van der Waals surface area (Å²) in [6.45, 7) is -3.16. The van der Waals surface area contributed by atoms with E-state index in [4.69, 9.17) is 0 Å². The van der Waals surface area contributed by atoms with E-state index in [0.717, 1.165) is 24.3 Å². The number of nitrogens with one attached hydrogen (secondary N) is 1. The number of rotatable bonds is 5. The zero-order valence-corrected chi connectivity index (χ0v) is 11.6. The molecule has 118 valence electrons. The van der Waals surface area contributed by atoms with Crippen molar-refractivity contribution in [3.8, 4) is 5.75 Å². The number of alkyl halides is 2. The second-order valence-electron chi connectivity index (χ2n) is 4.05. The zero-order chi connectivity index (χ0) is 16.3. The van der Waals surface area contributed by atoms with Crippen molar-refractivity contribution in [2.24, 2.45) is 0 Å². The van der Waals surface area contributed by atoms with Gasteiger partial charge in [-0.25, -0.2) is 17.2 Å². The summed E-state index contributed by atoms with van der Waals surface area (Å²) in [5.41, 5.74) is -0.300. The summed E-state index contributed by atoms with van der Waals surface area (Å²) >= 11 is 0. The lowest BCUT2D eigenvalue weighted by Crippen LogP contribution is -2.16. The summed E-state index contributed by atoms with van der Waals surface area (Å²) in [7, 11) is -4.44. The van der Waals surface area contributed by atoms with E-state index in [0.29, 0.717) is 6.07 Å². The summed E-state index contributed by atoms with van der Waals surface area (Å²) in [4.78, 5) is -0.819. The van der Waals surface area contributed by atoms with Gasteiger partial charge in [0.15, 0.2) is 0 Å². The van der Waals surface area contributed by atoms with Gasteiger partial charge in [-0.05, 0) is 24.3 Å². The minimum Gasteiger partial charge on any atom is -0.433 e. The van der Waals surface area contributed by atoms with Gasteiger partial charge in [0.25, 0.3) is 10.0 Å². The summed E-state index contributed by atoms with van der Waals surface area (Å²) in [5.74, 6) is -2.68. The molecule has 0 aliphatic rings. The van der Waals surface area contributed by atoms with E-state index in [1.54, 1.807) is 0 Å². The van der Waals surface area contributed by atoms with E-state index in [9.17, 15) is 26.0 Å². The lowest BCUT2D eigenvalue weighted by molar-refractivity contribution is -0.0493. The van der Waals surface area contributed by atoms with Gasteiger partial charge in [0.2, 0.25) is 0 Å². The van der Waals surface area contributed by atoms with Gasteiger partial charge in [-0.15, -0.1) is 0 Å². The van der Waals surface area contributed by atoms with E-state index in [2.05, 4.69) is 4.74 Å². The highest BCUT2D eigenvalue weighted by Gasteiger charge is 2.21. The van der Waals surface area contributed by atoms with E-state index >= 15 is 0 Å². The molecule has 0 radical (unpaired) electrons. The molecule has 2 rings (SSSR count). The fourth-order valence-electron chi connectivity index (χ4n) is 1.64. The molecule has 2 aromatic rings. The molecule has 0 atom stereocenters. The van der Waals surface area contributed by atoms with Gasteiger partial charge in [0.1, 0.15) is 22.3 Å². The molecule has 4 nitrogen and oxygen atoms in total. The molecular formula is C13H9F4NO3S. The van der Waals surface area contributed by atoms with Crippen LogP contribution in [0.2, 0.25) is 0 Å². The van der Waals surface area contributed by atoms with E-state index < -0.39 is 38.9 Å². The number of hydrogen-bond acceptors (Lipinski definition) is 3. The number of ether oxygens (including phenoxy) is 1. The molecule has 0 saturated carbocycles. The van der Waals surface area contributed by atoms with Crippen molar-refractivity contribution in [3.63, 3.8) is 0 Å². The quantitative estimate of drug-likeness (QED) is 0.853. The zero-order valence-electron chi connectivity index (χ0n) is 10.8. The smallest absolute Gasteiger partial charge is 0.387 e. The molecule has 22 heavy (non-hydrogen) atoms. The predicted octanol–water partition coefficient (Wildman–Crippen LogP) is 3.37. The molecular weight excluding hydrogens is 326 g/mol. The van der Waals surface area contributed by atoms with Gasteiger partial charge in [-0.1, -0.05) is 12.1 Å². The highest BCUT2D eigenvalue weighted by Crippen LogP contribution is 2.28. The molecule has 0 spiro atoms. The van der Waals surface area contributed by atoms with Crippen molar-refractivity contribution in [1.82, 2.24) is 0 Å². The molecule has 1 N–H and O–H groups in total. The van der Waals surface area contributed by atoms with Crippen LogP contribution in [0, 0.1) is 11.6 Å². The molecule has 0 aromatic heterocycles. The molecule has 0 aliphatic heterocycles. The van der Waals surface area contributed by atoms with Crippen LogP contribution in [0.3, 0.4) is 0 Å². The second-order valence-corrected chi connectivity index (χ2v) is 5.71. The lowest BCUT2D eigenvalue weighted by atomic mass is 10.3. The Morgan fingerprint density at radius 2 is 1.73 bits per heavy atom. The van der Waals surface area contributed by atoms with Crippen LogP contribution in [0.5, 0.6) is 5.75 Å². The lowest BCUT2D eigenvalue weighted by Gasteiger charge is -2.13. The second kappa shape index (κ2) is 6.22. The summed E-state index contributed by atoms with van der Waals surface area (Å²) in [6, 6.07) is 6.89. The van der Waals surface area contributed by atoms with Crippen LogP contribution in [-0.2, 0) is 10.0 Å². The van der Waals surface area contributed by atoms with Crippen LogP contribution in [-0.4, -0.2) is 15.0 Å². The van der Waals surface area contributed by atoms with Crippen molar-refractivity contribution in [1.29, 1.82) is 0 Å². The van der Waals surface area contributed by atoms with Gasteiger partial charge in [0, 0.05) is 6.07 Å². The van der Waals surface area contributed by atoms with Gasteiger partial charge >= 0.3 is 6.61 Å². The Labute approximate surface area is 123 Å². The molecule has 0 bridgehead atoms. The van der Waals surface area contributed by atoms with Crippen molar-refractivity contribution in [2.45, 2.75) is 11.5 Å². The molecule has 0 fully saturated rings. The molecule has 0 unspecified atom stereocenters. The summed E-state index contributed by atoms with van der Waals surface area (Å²) in [6.07, 6.45) is 0. The third-order valence-corrected chi connectivity index (χ3v) is 3.93. The summed E-state index contributed by atoms with van der Waals surface area (Å²) in [5, 5.41) is 0. The first-order valence-corrected chi connectivity index (χ1v) is 7.29. The number of para-hydroxylation sites is 2. The first-order valence-electron chi connectivity index (χ1n) is 5.81. The van der Waals surface area contributed by atoms with Gasteiger partial charge in [0.05, 0.1) is 5.69 Å². The molecule has 0 saturated heterocycles. The number of sulfonamides is 1. The van der Waals surface area contributed by atoms with E-state index in [-0.39, 0.29) is 5.69 Å². The Morgan fingerprint density at radius 3 is 2.36 bits per heavy atom. The Bertz CT molecular complexity index is 781. The molecule has 9 heteroatoms. The fraction of sp³-hybridized carbons (Fsp3) is 0.0769. The number of halogens is 4. The first-order chi connectivity index (χ1) is 10.3. The highest BCUT2D eigenvalue weighted by molar-refractivity contribution is 7.92. The Morgan fingerprint density at radius 1 is 1.05 bits per heavy atom. The fourth-order valence-corrected chi connectivity index (χ4v) is 2.77. The standard InChI is InChI=1S/C13H9F4NO3S/c14-8-5-6-12(9(15)7-8)22(19,20)18-10-3-1-2-4-11(10)21-13(16)17/h1-7,13,18H. The Balaban J connectivity index is 2.37. The van der Waals surface area contributed by atoms with Gasteiger partial charge in [-0.3, -0.25) is 4.72 Å². The highest BCUT2D eigenvalue weighted by atomic mass is 32.2. The van der Waals surface area contributed by atoms with Gasteiger partial charge < -0.3 is 4.74 Å². The van der Waals surface area contributed by atoms with Crippen molar-refractivity contribution in [3.05, 3.63) is 54.1 Å². The van der Waals surface area contributed by atoms with Crippen molar-refractivity contribution in [2.75, 3.05) is 4.72 Å². The van der Waals surface area contributed by atoms with Crippen molar-refractivity contribution >= 4 is 15.7 Å². The van der Waals surface area contributed by atoms with Crippen LogP contribution >= 0.6 is 0 Å². The van der Waals surface area contributed by atoms with Crippen molar-refractivity contribution < 1.29 is 30.7 Å². The van der Waals surface area contributed by atoms with Crippen LogP contribution in [0.1, 0.15) is 0 Å². The number of benzene rings is 2. The monoisotopic (exact) mass is 335 g/mol. The minimum absolute atomic E-state index is 0.300. The molecule has 2 aromatic carbocycles. The molecule has 0 heterocycles. The number of anilines is 1. The van der Waals surface area contributed by atoms with E-state index in [1.165, 1.54) is 12.1 Å². The van der Waals surface area contributed by atoms with Crippen LogP contribution in [0.4, 0.5) is 23.2 Å². The SMILES string of the molecule is O=S(=O)(Nc1ccccc1OC(F)F)c1ccc(F)cc1F. The Kier molecular flexibility index (Phi) is 4.55. The molecule has 0 aliphatic carbocycles. The van der Waals surface area contributed by atoms with Crippen LogP contribution < -0.4 is 9.46 Å². The third-order valence-electron chi connectivity index (χ3n) is 2.53. The normalized spacial score (nSPS) is 11.5. The average molecular weight is 335 g/mol. The third kappa shape index (κ3) is 3.67. The van der Waals surface area contributed by atoms with E-state index in [1.807, 2.05) is 4.72 Å². The first kappa shape index (κ1) is 16.1. The minimum atomic E-state index is -4.44. The predicted molar refractivity (Wildman–Crippen MR) is 70.2 cm³/mol. The maximum atomic E-state index is 13.5. The maximum Gasteiger partial charge on any atom is 0.387 e. The topological polar surface area (TPSA) is 55.4 Å².